The highest BCUT2D eigenvalue weighted by Gasteiger charge is 2.27. The van der Waals surface area contributed by atoms with E-state index in [-0.39, 0.29) is 10.8 Å². The first kappa shape index (κ1) is 15.6. The van der Waals surface area contributed by atoms with E-state index in [0.717, 1.165) is 12.8 Å². The van der Waals surface area contributed by atoms with Crippen LogP contribution in [0.15, 0.2) is 0 Å². The molecule has 0 aliphatic rings. The van der Waals surface area contributed by atoms with Gasteiger partial charge in [0.2, 0.25) is 0 Å². The zero-order chi connectivity index (χ0) is 13.0. The summed E-state index contributed by atoms with van der Waals surface area (Å²) in [4.78, 5) is 11.9. The normalized spacial score (nSPS) is 14.9. The van der Waals surface area contributed by atoms with Crippen molar-refractivity contribution in [2.75, 3.05) is 6.54 Å². The summed E-state index contributed by atoms with van der Waals surface area (Å²) in [6.45, 7) is 13.4. The van der Waals surface area contributed by atoms with E-state index < -0.39 is 0 Å². The van der Waals surface area contributed by atoms with Crippen LogP contribution in [0, 0.1) is 16.7 Å². The first-order valence-corrected chi connectivity index (χ1v) is 6.32. The summed E-state index contributed by atoms with van der Waals surface area (Å²) in [5.41, 5.74) is 5.68. The van der Waals surface area contributed by atoms with Crippen molar-refractivity contribution in [3.05, 3.63) is 0 Å². The van der Waals surface area contributed by atoms with Gasteiger partial charge in [-0.25, -0.2) is 0 Å². The molecule has 0 fully saturated rings. The number of nitrogens with two attached hydrogens (primary N) is 1. The third-order valence-corrected chi connectivity index (χ3v) is 3.30. The maximum Gasteiger partial charge on any atom is 0.138 e. The third-order valence-electron chi connectivity index (χ3n) is 3.30. The van der Waals surface area contributed by atoms with Crippen LogP contribution in [-0.2, 0) is 4.79 Å². The van der Waals surface area contributed by atoms with Crippen LogP contribution in [0.4, 0.5) is 0 Å². The Bertz CT molecular complexity index is 220. The van der Waals surface area contributed by atoms with Crippen LogP contribution < -0.4 is 5.73 Å². The highest BCUT2D eigenvalue weighted by molar-refractivity contribution is 5.83. The molecule has 0 spiro atoms. The van der Waals surface area contributed by atoms with E-state index in [0.29, 0.717) is 24.7 Å². The Labute approximate surface area is 101 Å². The van der Waals surface area contributed by atoms with Crippen LogP contribution in [0.1, 0.15) is 60.8 Å². The number of carbonyl (C=O) groups is 1. The van der Waals surface area contributed by atoms with Gasteiger partial charge in [-0.15, -0.1) is 0 Å². The highest BCUT2D eigenvalue weighted by Crippen LogP contribution is 2.33. The predicted octanol–water partition coefficient (Wildman–Crippen LogP) is 3.39. The lowest BCUT2D eigenvalue weighted by Crippen LogP contribution is -2.26. The van der Waals surface area contributed by atoms with Gasteiger partial charge in [0.05, 0.1) is 0 Å². The summed E-state index contributed by atoms with van der Waals surface area (Å²) in [5.74, 6) is 0.905. The standard InChI is InChI=1S/C14H29NO/c1-13(2,3)11(9-10-15)7-8-12(16)14(4,5)6/h11H,7-10,15H2,1-6H3. The second-order valence-corrected chi connectivity index (χ2v) is 6.85. The molecule has 2 heteroatoms. The van der Waals surface area contributed by atoms with Crippen molar-refractivity contribution in [1.82, 2.24) is 0 Å². The van der Waals surface area contributed by atoms with Gasteiger partial charge in [-0.1, -0.05) is 41.5 Å². The fourth-order valence-corrected chi connectivity index (χ4v) is 1.89. The molecular formula is C14H29NO. The molecule has 16 heavy (non-hydrogen) atoms. The SMILES string of the molecule is CC(C)(C)C(=O)CCC(CCN)C(C)(C)C. The average Bonchev–Trinajstić information content (AvgIpc) is 2.07. The molecule has 0 bridgehead atoms. The lowest BCUT2D eigenvalue weighted by molar-refractivity contribution is -0.126. The lowest BCUT2D eigenvalue weighted by atomic mass is 9.74. The Balaban J connectivity index is 4.29. The van der Waals surface area contributed by atoms with Gasteiger partial charge in [0.15, 0.2) is 0 Å². The van der Waals surface area contributed by atoms with E-state index in [1.54, 1.807) is 0 Å². The number of hydrogen-bond donors (Lipinski definition) is 1. The highest BCUT2D eigenvalue weighted by atomic mass is 16.1. The quantitative estimate of drug-likeness (QED) is 0.782. The molecule has 0 aromatic rings. The van der Waals surface area contributed by atoms with Crippen LogP contribution in [0.5, 0.6) is 0 Å². The van der Waals surface area contributed by atoms with Gasteiger partial charge in [-0.2, -0.15) is 0 Å². The fourth-order valence-electron chi connectivity index (χ4n) is 1.89. The monoisotopic (exact) mass is 227 g/mol. The van der Waals surface area contributed by atoms with Crippen LogP contribution in [0.2, 0.25) is 0 Å². The summed E-state index contributed by atoms with van der Waals surface area (Å²) in [6.07, 6.45) is 2.67. The Morgan fingerprint density at radius 2 is 1.56 bits per heavy atom. The molecule has 1 atom stereocenters. The van der Waals surface area contributed by atoms with E-state index in [4.69, 9.17) is 5.73 Å². The summed E-state index contributed by atoms with van der Waals surface area (Å²) in [6, 6.07) is 0. The van der Waals surface area contributed by atoms with Crippen LogP contribution >= 0.6 is 0 Å². The van der Waals surface area contributed by atoms with E-state index in [9.17, 15) is 4.79 Å². The topological polar surface area (TPSA) is 43.1 Å². The molecule has 0 heterocycles. The summed E-state index contributed by atoms with van der Waals surface area (Å²) < 4.78 is 0. The number of rotatable bonds is 5. The van der Waals surface area contributed by atoms with Gasteiger partial charge in [-0.05, 0) is 30.7 Å². The van der Waals surface area contributed by atoms with Crippen LogP contribution in [0.3, 0.4) is 0 Å². The molecule has 1 unspecified atom stereocenters. The van der Waals surface area contributed by atoms with Gasteiger partial charge >= 0.3 is 0 Å². The van der Waals surface area contributed by atoms with E-state index in [1.807, 2.05) is 20.8 Å². The second kappa shape index (κ2) is 5.81. The van der Waals surface area contributed by atoms with E-state index >= 15 is 0 Å². The Kier molecular flexibility index (Phi) is 5.67. The van der Waals surface area contributed by atoms with Crippen LogP contribution in [-0.4, -0.2) is 12.3 Å². The minimum absolute atomic E-state index is 0.203. The Hall–Kier alpha value is -0.370. The molecule has 0 amide bonds. The molecule has 0 aromatic heterocycles. The van der Waals surface area contributed by atoms with Crippen molar-refractivity contribution >= 4 is 5.78 Å². The lowest BCUT2D eigenvalue weighted by Gasteiger charge is -2.31. The Morgan fingerprint density at radius 3 is 1.88 bits per heavy atom. The molecule has 2 nitrogen and oxygen atoms in total. The molecule has 0 radical (unpaired) electrons. The van der Waals surface area contributed by atoms with Gasteiger partial charge in [0.25, 0.3) is 0 Å². The summed E-state index contributed by atoms with van der Waals surface area (Å²) in [7, 11) is 0. The largest absolute Gasteiger partial charge is 0.330 e. The van der Waals surface area contributed by atoms with E-state index in [1.165, 1.54) is 0 Å². The molecule has 0 saturated carbocycles. The maximum absolute atomic E-state index is 11.9. The zero-order valence-corrected chi connectivity index (χ0v) is 11.9. The minimum atomic E-state index is -0.203. The summed E-state index contributed by atoms with van der Waals surface area (Å²) in [5, 5.41) is 0. The Morgan fingerprint density at radius 1 is 1.06 bits per heavy atom. The van der Waals surface area contributed by atoms with Crippen molar-refractivity contribution in [3.8, 4) is 0 Å². The third kappa shape index (κ3) is 5.64. The molecule has 0 aliphatic carbocycles. The zero-order valence-electron chi connectivity index (χ0n) is 11.9. The van der Waals surface area contributed by atoms with Gasteiger partial charge in [0.1, 0.15) is 5.78 Å². The fraction of sp³-hybridized carbons (Fsp3) is 0.929. The number of carbonyl (C=O) groups excluding carboxylic acids is 1. The van der Waals surface area contributed by atoms with Crippen molar-refractivity contribution in [1.29, 1.82) is 0 Å². The average molecular weight is 227 g/mol. The maximum atomic E-state index is 11.9. The van der Waals surface area contributed by atoms with Crippen molar-refractivity contribution in [3.63, 3.8) is 0 Å². The molecule has 0 aliphatic heterocycles. The van der Waals surface area contributed by atoms with E-state index in [2.05, 4.69) is 20.8 Å². The van der Waals surface area contributed by atoms with Crippen molar-refractivity contribution < 1.29 is 4.79 Å². The molecule has 0 saturated heterocycles. The molecule has 2 N–H and O–H groups in total. The van der Waals surface area contributed by atoms with Crippen molar-refractivity contribution in [2.45, 2.75) is 60.8 Å². The molecule has 0 rings (SSSR count). The minimum Gasteiger partial charge on any atom is -0.330 e. The number of ketones is 1. The molecule has 0 aromatic carbocycles. The molecular weight excluding hydrogens is 198 g/mol. The van der Waals surface area contributed by atoms with Crippen molar-refractivity contribution in [2.24, 2.45) is 22.5 Å². The second-order valence-electron chi connectivity index (χ2n) is 6.85. The first-order valence-electron chi connectivity index (χ1n) is 6.32. The number of hydrogen-bond acceptors (Lipinski definition) is 2. The molecule has 96 valence electrons. The number of Topliss-reactive ketones (excluding diaryl/α,β-unsaturated/α-hetero) is 1. The van der Waals surface area contributed by atoms with Gasteiger partial charge < -0.3 is 5.73 Å². The predicted molar refractivity (Wildman–Crippen MR) is 70.3 cm³/mol. The van der Waals surface area contributed by atoms with Gasteiger partial charge in [-0.3, -0.25) is 4.79 Å². The van der Waals surface area contributed by atoms with Crippen LogP contribution in [0.25, 0.3) is 0 Å². The van der Waals surface area contributed by atoms with Gasteiger partial charge in [0, 0.05) is 11.8 Å². The first-order chi connectivity index (χ1) is 7.09. The smallest absolute Gasteiger partial charge is 0.138 e. The summed E-state index contributed by atoms with van der Waals surface area (Å²) >= 11 is 0.